The molecule has 2 fully saturated rings. The van der Waals surface area contributed by atoms with E-state index in [-0.39, 0.29) is 25.2 Å². The average Bonchev–Trinajstić information content (AvgIpc) is 2.23. The maximum atomic E-state index is 12.9. The SMILES string of the molecule is CC(C)(C)OC(=O)N1CCCC(N2CC(F)(F)C2)C1. The number of ether oxygens (including phenoxy) is 1. The molecule has 2 aliphatic rings. The molecule has 2 aliphatic heterocycles. The van der Waals surface area contributed by atoms with E-state index in [0.717, 1.165) is 12.8 Å². The first-order chi connectivity index (χ1) is 8.66. The van der Waals surface area contributed by atoms with Crippen LogP contribution in [0.25, 0.3) is 0 Å². The Morgan fingerprint density at radius 1 is 1.32 bits per heavy atom. The lowest BCUT2D eigenvalue weighted by molar-refractivity contribution is -0.151. The lowest BCUT2D eigenvalue weighted by Gasteiger charge is -2.47. The summed E-state index contributed by atoms with van der Waals surface area (Å²) in [4.78, 5) is 15.3. The van der Waals surface area contributed by atoms with E-state index in [1.165, 1.54) is 0 Å². The van der Waals surface area contributed by atoms with Gasteiger partial charge < -0.3 is 9.64 Å². The van der Waals surface area contributed by atoms with Gasteiger partial charge in [-0.2, -0.15) is 0 Å². The van der Waals surface area contributed by atoms with E-state index in [1.807, 2.05) is 20.8 Å². The van der Waals surface area contributed by atoms with Gasteiger partial charge >= 0.3 is 6.09 Å². The van der Waals surface area contributed by atoms with Crippen LogP contribution in [0.1, 0.15) is 33.6 Å². The fourth-order valence-electron chi connectivity index (χ4n) is 2.55. The summed E-state index contributed by atoms with van der Waals surface area (Å²) >= 11 is 0. The summed E-state index contributed by atoms with van der Waals surface area (Å²) in [6.45, 7) is 6.24. The van der Waals surface area contributed by atoms with Crippen LogP contribution >= 0.6 is 0 Å². The molecule has 0 bridgehead atoms. The van der Waals surface area contributed by atoms with Gasteiger partial charge in [-0.3, -0.25) is 4.90 Å². The molecule has 0 aromatic heterocycles. The molecule has 2 saturated heterocycles. The molecule has 0 radical (unpaired) electrons. The molecule has 0 aromatic carbocycles. The predicted octanol–water partition coefficient (Wildman–Crippen LogP) is 2.34. The Kier molecular flexibility index (Phi) is 3.73. The highest BCUT2D eigenvalue weighted by Gasteiger charge is 2.47. The zero-order valence-corrected chi connectivity index (χ0v) is 11.8. The maximum absolute atomic E-state index is 12.9. The number of hydrogen-bond acceptors (Lipinski definition) is 3. The number of carbonyl (C=O) groups is 1. The van der Waals surface area contributed by atoms with Crippen LogP contribution in [0.4, 0.5) is 13.6 Å². The fourth-order valence-corrected chi connectivity index (χ4v) is 2.55. The zero-order valence-electron chi connectivity index (χ0n) is 11.8. The van der Waals surface area contributed by atoms with Gasteiger partial charge in [-0.15, -0.1) is 0 Å². The monoisotopic (exact) mass is 276 g/mol. The van der Waals surface area contributed by atoms with Crippen LogP contribution in [0.3, 0.4) is 0 Å². The largest absolute Gasteiger partial charge is 0.444 e. The molecule has 6 heteroatoms. The molecule has 2 rings (SSSR count). The number of alkyl halides is 2. The summed E-state index contributed by atoms with van der Waals surface area (Å²) in [7, 11) is 0. The van der Waals surface area contributed by atoms with Crippen molar-refractivity contribution in [3.8, 4) is 0 Å². The Hall–Kier alpha value is -0.910. The maximum Gasteiger partial charge on any atom is 0.410 e. The van der Waals surface area contributed by atoms with Crippen molar-refractivity contribution in [1.82, 2.24) is 9.80 Å². The summed E-state index contributed by atoms with van der Waals surface area (Å²) in [5, 5.41) is 0. The van der Waals surface area contributed by atoms with Crippen molar-refractivity contribution in [2.45, 2.75) is 51.2 Å². The highest BCUT2D eigenvalue weighted by atomic mass is 19.3. The van der Waals surface area contributed by atoms with Gasteiger partial charge in [-0.05, 0) is 33.6 Å². The number of hydrogen-bond donors (Lipinski definition) is 0. The topological polar surface area (TPSA) is 32.8 Å². The van der Waals surface area contributed by atoms with Gasteiger partial charge in [0, 0.05) is 19.1 Å². The number of carbonyl (C=O) groups excluding carboxylic acids is 1. The Bertz CT molecular complexity index is 347. The number of amides is 1. The van der Waals surface area contributed by atoms with Gasteiger partial charge in [0.25, 0.3) is 5.92 Å². The van der Waals surface area contributed by atoms with E-state index in [2.05, 4.69) is 0 Å². The van der Waals surface area contributed by atoms with Gasteiger partial charge in [-0.1, -0.05) is 0 Å². The minimum atomic E-state index is -2.55. The molecule has 2 heterocycles. The van der Waals surface area contributed by atoms with E-state index in [9.17, 15) is 13.6 Å². The highest BCUT2D eigenvalue weighted by molar-refractivity contribution is 5.68. The van der Waals surface area contributed by atoms with E-state index >= 15 is 0 Å². The Morgan fingerprint density at radius 3 is 2.47 bits per heavy atom. The molecule has 0 N–H and O–H groups in total. The summed E-state index contributed by atoms with van der Waals surface area (Å²) in [5.74, 6) is -2.55. The molecule has 4 nitrogen and oxygen atoms in total. The van der Waals surface area contributed by atoms with Crippen molar-refractivity contribution in [2.24, 2.45) is 0 Å². The van der Waals surface area contributed by atoms with E-state index in [4.69, 9.17) is 4.74 Å². The van der Waals surface area contributed by atoms with Gasteiger partial charge in [-0.25, -0.2) is 13.6 Å². The molecule has 0 saturated carbocycles. The van der Waals surface area contributed by atoms with Crippen LogP contribution in [0.2, 0.25) is 0 Å². The average molecular weight is 276 g/mol. The summed E-state index contributed by atoms with van der Waals surface area (Å²) in [5.41, 5.74) is -0.520. The Labute approximate surface area is 112 Å². The van der Waals surface area contributed by atoms with Crippen LogP contribution in [-0.2, 0) is 4.74 Å². The Morgan fingerprint density at radius 2 is 1.95 bits per heavy atom. The van der Waals surface area contributed by atoms with Crippen molar-refractivity contribution in [3.05, 3.63) is 0 Å². The number of halogens is 2. The quantitative estimate of drug-likeness (QED) is 0.737. The summed E-state index contributed by atoms with van der Waals surface area (Å²) in [6, 6.07) is 0.0425. The third-order valence-corrected chi connectivity index (χ3v) is 3.43. The molecule has 110 valence electrons. The normalized spacial score (nSPS) is 27.8. The molecule has 1 amide bonds. The zero-order chi connectivity index (χ0) is 14.3. The fraction of sp³-hybridized carbons (Fsp3) is 0.923. The van der Waals surface area contributed by atoms with Gasteiger partial charge in [0.2, 0.25) is 0 Å². The lowest BCUT2D eigenvalue weighted by Crippen LogP contribution is -2.63. The van der Waals surface area contributed by atoms with Gasteiger partial charge in [0.1, 0.15) is 5.60 Å². The van der Waals surface area contributed by atoms with Crippen molar-refractivity contribution >= 4 is 6.09 Å². The lowest BCUT2D eigenvalue weighted by atomic mass is 9.99. The van der Waals surface area contributed by atoms with Crippen molar-refractivity contribution in [3.63, 3.8) is 0 Å². The van der Waals surface area contributed by atoms with Crippen LogP contribution in [0.15, 0.2) is 0 Å². The number of rotatable bonds is 1. The minimum absolute atomic E-state index is 0.0425. The summed E-state index contributed by atoms with van der Waals surface area (Å²) < 4.78 is 31.1. The van der Waals surface area contributed by atoms with Crippen molar-refractivity contribution in [1.29, 1.82) is 0 Å². The Balaban J connectivity index is 1.86. The third kappa shape index (κ3) is 3.78. The molecular weight excluding hydrogens is 254 g/mol. The van der Waals surface area contributed by atoms with Crippen molar-refractivity contribution < 1.29 is 18.3 Å². The number of piperidine rings is 1. The van der Waals surface area contributed by atoms with Crippen molar-refractivity contribution in [2.75, 3.05) is 26.2 Å². The summed E-state index contributed by atoms with van der Waals surface area (Å²) in [6.07, 6.45) is 1.37. The first-order valence-corrected chi connectivity index (χ1v) is 6.76. The molecule has 0 aromatic rings. The highest BCUT2D eigenvalue weighted by Crippen LogP contribution is 2.31. The second-order valence-corrected chi connectivity index (χ2v) is 6.48. The third-order valence-electron chi connectivity index (χ3n) is 3.43. The second-order valence-electron chi connectivity index (χ2n) is 6.48. The van der Waals surface area contributed by atoms with E-state index in [1.54, 1.807) is 9.80 Å². The number of nitrogens with zero attached hydrogens (tertiary/aromatic N) is 2. The van der Waals surface area contributed by atoms with Crippen LogP contribution in [0, 0.1) is 0 Å². The van der Waals surface area contributed by atoms with E-state index < -0.39 is 11.5 Å². The van der Waals surface area contributed by atoms with E-state index in [0.29, 0.717) is 13.1 Å². The first kappa shape index (κ1) is 14.5. The molecule has 19 heavy (non-hydrogen) atoms. The van der Waals surface area contributed by atoms with Gasteiger partial charge in [0.05, 0.1) is 13.1 Å². The van der Waals surface area contributed by atoms with Crippen LogP contribution < -0.4 is 0 Å². The molecule has 0 spiro atoms. The predicted molar refractivity (Wildman–Crippen MR) is 67.3 cm³/mol. The molecule has 1 atom stereocenters. The second kappa shape index (κ2) is 4.89. The first-order valence-electron chi connectivity index (χ1n) is 6.76. The van der Waals surface area contributed by atoms with Crippen LogP contribution in [0.5, 0.6) is 0 Å². The smallest absolute Gasteiger partial charge is 0.410 e. The molecule has 0 aliphatic carbocycles. The van der Waals surface area contributed by atoms with Gasteiger partial charge in [0.15, 0.2) is 0 Å². The number of likely N-dealkylation sites (tertiary alicyclic amines) is 2. The minimum Gasteiger partial charge on any atom is -0.444 e. The van der Waals surface area contributed by atoms with Crippen LogP contribution in [-0.4, -0.2) is 59.6 Å². The molecular formula is C13H22F2N2O2. The molecule has 1 unspecified atom stereocenters. The standard InChI is InChI=1S/C13H22F2N2O2/c1-12(2,3)19-11(18)16-6-4-5-10(7-16)17-8-13(14,15)9-17/h10H,4-9H2,1-3H3.